The number of hydrogen-bond donors (Lipinski definition) is 2. The molecule has 1 aliphatic rings. The van der Waals surface area contributed by atoms with Gasteiger partial charge in [-0.3, -0.25) is 14.4 Å². The van der Waals surface area contributed by atoms with Gasteiger partial charge in [0.15, 0.2) is 6.61 Å². The first-order chi connectivity index (χ1) is 15.7. The third-order valence-electron chi connectivity index (χ3n) is 5.00. The standard InChI is InChI=1S/C22H26N4O6S/c1-17(27)24-18-7-9-20(10-8-18)33(30,31)23-15-22(29)32-16-21(28)26-13-11-25(12-14-26)19-5-3-2-4-6-19/h2-10,23H,11-16H2,1H3,(H,24,27). The molecule has 0 spiro atoms. The van der Waals surface area contributed by atoms with Gasteiger partial charge in [-0.05, 0) is 36.4 Å². The van der Waals surface area contributed by atoms with Gasteiger partial charge in [0.05, 0.1) is 4.90 Å². The smallest absolute Gasteiger partial charge is 0.321 e. The van der Waals surface area contributed by atoms with Gasteiger partial charge in [0.25, 0.3) is 5.91 Å². The predicted octanol–water partition coefficient (Wildman–Crippen LogP) is 0.815. The third-order valence-corrected chi connectivity index (χ3v) is 6.42. The summed E-state index contributed by atoms with van der Waals surface area (Å²) in [5.41, 5.74) is 1.54. The van der Waals surface area contributed by atoms with E-state index in [1.165, 1.54) is 31.2 Å². The van der Waals surface area contributed by atoms with Gasteiger partial charge >= 0.3 is 5.97 Å². The number of carbonyl (C=O) groups is 3. The van der Waals surface area contributed by atoms with Crippen LogP contribution in [0.5, 0.6) is 0 Å². The molecule has 11 heteroatoms. The van der Waals surface area contributed by atoms with Crippen LogP contribution < -0.4 is 14.9 Å². The highest BCUT2D eigenvalue weighted by Gasteiger charge is 2.23. The first kappa shape index (κ1) is 24.2. The summed E-state index contributed by atoms with van der Waals surface area (Å²) < 4.78 is 31.7. The fraction of sp³-hybridized carbons (Fsp3) is 0.318. The molecule has 2 aromatic carbocycles. The number of esters is 1. The van der Waals surface area contributed by atoms with Crippen LogP contribution in [0.1, 0.15) is 6.92 Å². The molecule has 0 aliphatic carbocycles. The van der Waals surface area contributed by atoms with Crippen molar-refractivity contribution in [2.24, 2.45) is 0 Å². The fourth-order valence-electron chi connectivity index (χ4n) is 3.30. The van der Waals surface area contributed by atoms with Crippen molar-refractivity contribution in [2.45, 2.75) is 11.8 Å². The Morgan fingerprint density at radius 2 is 1.58 bits per heavy atom. The highest BCUT2D eigenvalue weighted by molar-refractivity contribution is 7.89. The molecule has 0 saturated carbocycles. The van der Waals surface area contributed by atoms with Crippen molar-refractivity contribution in [3.63, 3.8) is 0 Å². The monoisotopic (exact) mass is 474 g/mol. The van der Waals surface area contributed by atoms with Gasteiger partial charge in [0.2, 0.25) is 15.9 Å². The maximum atomic E-state index is 12.3. The Bertz CT molecular complexity index is 1080. The number of nitrogens with one attached hydrogen (secondary N) is 2. The molecule has 2 aromatic rings. The molecule has 0 unspecified atom stereocenters. The Kier molecular flexibility index (Phi) is 8.01. The number of nitrogens with zero attached hydrogens (tertiary/aromatic N) is 2. The summed E-state index contributed by atoms with van der Waals surface area (Å²) in [5, 5.41) is 2.53. The molecular formula is C22H26N4O6S. The number of amides is 2. The van der Waals surface area contributed by atoms with E-state index in [2.05, 4.69) is 14.9 Å². The van der Waals surface area contributed by atoms with E-state index in [1.54, 1.807) is 4.90 Å². The summed E-state index contributed by atoms with van der Waals surface area (Å²) in [7, 11) is -3.96. The molecule has 1 aliphatic heterocycles. The van der Waals surface area contributed by atoms with Gasteiger partial charge in [0, 0.05) is 44.5 Å². The van der Waals surface area contributed by atoms with Crippen molar-refractivity contribution < 1.29 is 27.5 Å². The Balaban J connectivity index is 1.41. The van der Waals surface area contributed by atoms with Crippen molar-refractivity contribution in [2.75, 3.05) is 49.5 Å². The summed E-state index contributed by atoms with van der Waals surface area (Å²) in [5.74, 6) is -1.46. The number of para-hydroxylation sites is 1. The van der Waals surface area contributed by atoms with Crippen LogP contribution in [0, 0.1) is 0 Å². The summed E-state index contributed by atoms with van der Waals surface area (Å²) in [6, 6.07) is 15.4. The van der Waals surface area contributed by atoms with Gasteiger partial charge in [-0.25, -0.2) is 8.42 Å². The van der Waals surface area contributed by atoms with E-state index in [9.17, 15) is 22.8 Å². The first-order valence-electron chi connectivity index (χ1n) is 10.4. The molecule has 1 saturated heterocycles. The Hall–Kier alpha value is -3.44. The minimum absolute atomic E-state index is 0.0724. The zero-order valence-corrected chi connectivity index (χ0v) is 19.0. The lowest BCUT2D eigenvalue weighted by atomic mass is 10.2. The number of carbonyl (C=O) groups excluding carboxylic acids is 3. The lowest BCUT2D eigenvalue weighted by Gasteiger charge is -2.36. The molecule has 1 fully saturated rings. The van der Waals surface area contributed by atoms with Crippen LogP contribution >= 0.6 is 0 Å². The van der Waals surface area contributed by atoms with Crippen LogP contribution in [0.3, 0.4) is 0 Å². The van der Waals surface area contributed by atoms with E-state index in [0.29, 0.717) is 31.9 Å². The second kappa shape index (κ2) is 10.9. The first-order valence-corrected chi connectivity index (χ1v) is 11.8. The quantitative estimate of drug-likeness (QED) is 0.543. The molecule has 1 heterocycles. The van der Waals surface area contributed by atoms with Crippen molar-refractivity contribution in [3.05, 3.63) is 54.6 Å². The second-order valence-electron chi connectivity index (χ2n) is 7.39. The zero-order chi connectivity index (χ0) is 23.8. The van der Waals surface area contributed by atoms with Crippen molar-refractivity contribution in [1.82, 2.24) is 9.62 Å². The molecule has 2 N–H and O–H groups in total. The van der Waals surface area contributed by atoms with Crippen LogP contribution in [0.15, 0.2) is 59.5 Å². The Morgan fingerprint density at radius 3 is 2.18 bits per heavy atom. The van der Waals surface area contributed by atoms with E-state index in [-0.39, 0.29) is 16.7 Å². The van der Waals surface area contributed by atoms with E-state index in [0.717, 1.165) is 5.69 Å². The summed E-state index contributed by atoms with van der Waals surface area (Å²) in [6.45, 7) is 2.64. The Morgan fingerprint density at radius 1 is 0.939 bits per heavy atom. The topological polar surface area (TPSA) is 125 Å². The number of hydrogen-bond acceptors (Lipinski definition) is 7. The summed E-state index contributed by atoms with van der Waals surface area (Å²) in [4.78, 5) is 39.0. The van der Waals surface area contributed by atoms with Gasteiger partial charge < -0.3 is 19.9 Å². The lowest BCUT2D eigenvalue weighted by molar-refractivity contribution is -0.151. The Labute approximate surface area is 192 Å². The molecule has 0 radical (unpaired) electrons. The second-order valence-corrected chi connectivity index (χ2v) is 9.16. The number of benzene rings is 2. The third kappa shape index (κ3) is 7.02. The minimum atomic E-state index is -3.96. The lowest BCUT2D eigenvalue weighted by Crippen LogP contribution is -2.50. The number of anilines is 2. The fourth-order valence-corrected chi connectivity index (χ4v) is 4.26. The van der Waals surface area contributed by atoms with Crippen LogP contribution in [-0.4, -0.2) is 70.4 Å². The van der Waals surface area contributed by atoms with Crippen molar-refractivity contribution in [3.8, 4) is 0 Å². The van der Waals surface area contributed by atoms with Gasteiger partial charge in [0.1, 0.15) is 6.54 Å². The molecule has 33 heavy (non-hydrogen) atoms. The van der Waals surface area contributed by atoms with Crippen molar-refractivity contribution >= 4 is 39.2 Å². The highest BCUT2D eigenvalue weighted by Crippen LogP contribution is 2.16. The SMILES string of the molecule is CC(=O)Nc1ccc(S(=O)(=O)NCC(=O)OCC(=O)N2CCN(c3ccccc3)CC2)cc1. The average molecular weight is 475 g/mol. The molecule has 0 bridgehead atoms. The number of ether oxygens (including phenoxy) is 1. The maximum Gasteiger partial charge on any atom is 0.321 e. The molecule has 3 rings (SSSR count). The molecule has 0 aromatic heterocycles. The number of rotatable bonds is 8. The predicted molar refractivity (Wildman–Crippen MR) is 122 cm³/mol. The maximum absolute atomic E-state index is 12.3. The largest absolute Gasteiger partial charge is 0.455 e. The summed E-state index contributed by atoms with van der Waals surface area (Å²) in [6.07, 6.45) is 0. The van der Waals surface area contributed by atoms with Crippen LogP contribution in [-0.2, 0) is 29.1 Å². The van der Waals surface area contributed by atoms with Crippen LogP contribution in [0.2, 0.25) is 0 Å². The zero-order valence-electron chi connectivity index (χ0n) is 18.2. The van der Waals surface area contributed by atoms with Crippen LogP contribution in [0.4, 0.5) is 11.4 Å². The van der Waals surface area contributed by atoms with Gasteiger partial charge in [-0.2, -0.15) is 4.72 Å². The normalized spacial score (nSPS) is 14.0. The van der Waals surface area contributed by atoms with E-state index in [1.807, 2.05) is 30.3 Å². The molecule has 0 atom stereocenters. The van der Waals surface area contributed by atoms with Crippen LogP contribution in [0.25, 0.3) is 0 Å². The van der Waals surface area contributed by atoms with E-state index < -0.39 is 29.1 Å². The van der Waals surface area contributed by atoms with E-state index >= 15 is 0 Å². The minimum Gasteiger partial charge on any atom is -0.455 e. The van der Waals surface area contributed by atoms with Gasteiger partial charge in [-0.15, -0.1) is 0 Å². The average Bonchev–Trinajstić information content (AvgIpc) is 2.82. The number of piperazine rings is 1. The number of sulfonamides is 1. The molecular weight excluding hydrogens is 448 g/mol. The van der Waals surface area contributed by atoms with E-state index in [4.69, 9.17) is 4.74 Å². The van der Waals surface area contributed by atoms with Crippen molar-refractivity contribution in [1.29, 1.82) is 0 Å². The van der Waals surface area contributed by atoms with Gasteiger partial charge in [-0.1, -0.05) is 18.2 Å². The molecule has 2 amide bonds. The molecule has 176 valence electrons. The molecule has 10 nitrogen and oxygen atoms in total. The highest BCUT2D eigenvalue weighted by atomic mass is 32.2. The summed E-state index contributed by atoms with van der Waals surface area (Å²) >= 11 is 0.